The normalized spacial score (nSPS) is 10.3. The van der Waals surface area contributed by atoms with Crippen LogP contribution in [0.3, 0.4) is 0 Å². The minimum atomic E-state index is 0.585. The van der Waals surface area contributed by atoms with Gasteiger partial charge in [-0.05, 0) is 24.5 Å². The number of allylic oxidation sites excluding steroid dienone is 1. The summed E-state index contributed by atoms with van der Waals surface area (Å²) in [5, 5.41) is 0. The molecular weight excluding hydrogens is 172 g/mol. The van der Waals surface area contributed by atoms with Crippen LogP contribution in [-0.2, 0) is 11.2 Å². The van der Waals surface area contributed by atoms with Gasteiger partial charge in [-0.1, -0.05) is 43.0 Å². The fourth-order valence-electron chi connectivity index (χ4n) is 1.15. The molecule has 0 aliphatic rings. The highest BCUT2D eigenvalue weighted by Gasteiger charge is 1.87. The molecule has 1 nitrogen and oxygen atoms in total. The first kappa shape index (κ1) is 10.6. The largest absolute Gasteiger partial charge is 0.497 e. The number of aryl methyl sites for hydroxylation is 1. The zero-order valence-electron chi connectivity index (χ0n) is 8.36. The average molecular weight is 188 g/mol. The van der Waals surface area contributed by atoms with Crippen LogP contribution in [0.4, 0.5) is 0 Å². The van der Waals surface area contributed by atoms with Gasteiger partial charge in [0.25, 0.3) is 0 Å². The molecule has 14 heavy (non-hydrogen) atoms. The third-order valence-electron chi connectivity index (χ3n) is 1.85. The van der Waals surface area contributed by atoms with Gasteiger partial charge in [-0.15, -0.1) is 0 Å². The Morgan fingerprint density at radius 2 is 2.00 bits per heavy atom. The predicted octanol–water partition coefficient (Wildman–Crippen LogP) is 3.34. The molecule has 0 aliphatic carbocycles. The Hall–Kier alpha value is -1.50. The molecular formula is C13H16O. The van der Waals surface area contributed by atoms with Crippen molar-refractivity contribution < 1.29 is 4.74 Å². The molecule has 0 N–H and O–H groups in total. The van der Waals surface area contributed by atoms with Crippen LogP contribution in [0.25, 0.3) is 0 Å². The lowest BCUT2D eigenvalue weighted by Gasteiger charge is -1.96. The summed E-state index contributed by atoms with van der Waals surface area (Å²) in [5.74, 6) is 0. The van der Waals surface area contributed by atoms with Gasteiger partial charge in [-0.2, -0.15) is 0 Å². The van der Waals surface area contributed by atoms with Crippen molar-refractivity contribution in [2.24, 2.45) is 0 Å². The molecule has 0 spiro atoms. The van der Waals surface area contributed by atoms with Gasteiger partial charge < -0.3 is 4.74 Å². The smallest absolute Gasteiger partial charge is 0.105 e. The van der Waals surface area contributed by atoms with E-state index in [0.717, 1.165) is 12.8 Å². The lowest BCUT2D eigenvalue weighted by atomic mass is 10.1. The Bertz CT molecular complexity index is 275. The molecule has 0 saturated heterocycles. The quantitative estimate of drug-likeness (QED) is 0.378. The highest BCUT2D eigenvalue weighted by molar-refractivity contribution is 5.15. The molecule has 0 aromatic heterocycles. The van der Waals surface area contributed by atoms with Crippen molar-refractivity contribution in [3.05, 3.63) is 60.9 Å². The van der Waals surface area contributed by atoms with Crippen molar-refractivity contribution in [2.45, 2.75) is 12.8 Å². The Labute approximate surface area is 85.7 Å². The lowest BCUT2D eigenvalue weighted by molar-refractivity contribution is 0.288. The Balaban J connectivity index is 2.15. The van der Waals surface area contributed by atoms with E-state index in [0.29, 0.717) is 6.61 Å². The van der Waals surface area contributed by atoms with E-state index < -0.39 is 0 Å². The molecule has 0 heterocycles. The van der Waals surface area contributed by atoms with Crippen LogP contribution in [-0.4, -0.2) is 6.61 Å². The first-order valence-corrected chi connectivity index (χ1v) is 4.85. The van der Waals surface area contributed by atoms with E-state index in [1.54, 1.807) is 12.3 Å². The summed E-state index contributed by atoms with van der Waals surface area (Å²) in [5.41, 5.74) is 1.36. The summed E-state index contributed by atoms with van der Waals surface area (Å²) in [7, 11) is 0. The molecule has 0 unspecified atom stereocenters. The van der Waals surface area contributed by atoms with Crippen LogP contribution in [0.5, 0.6) is 0 Å². The van der Waals surface area contributed by atoms with E-state index in [1.807, 2.05) is 12.1 Å². The van der Waals surface area contributed by atoms with Crippen LogP contribution in [0.1, 0.15) is 12.0 Å². The summed E-state index contributed by atoms with van der Waals surface area (Å²) in [6.07, 6.45) is 7.60. The number of ether oxygens (including phenoxy) is 1. The standard InChI is InChI=1S/C13H16O/c1-2-11-14-12-7-6-10-13-8-4-3-5-9-13/h2-5,7-9,12H,1,6,10-11H2/b12-7+. The third kappa shape index (κ3) is 4.51. The molecule has 0 atom stereocenters. The first-order chi connectivity index (χ1) is 6.93. The SMILES string of the molecule is C=CCO/C=C/CCc1ccccc1. The van der Waals surface area contributed by atoms with Crippen molar-refractivity contribution >= 4 is 0 Å². The molecule has 0 radical (unpaired) electrons. The van der Waals surface area contributed by atoms with E-state index in [1.165, 1.54) is 5.56 Å². The zero-order chi connectivity index (χ0) is 10.1. The monoisotopic (exact) mass is 188 g/mol. The zero-order valence-corrected chi connectivity index (χ0v) is 8.36. The summed E-state index contributed by atoms with van der Waals surface area (Å²) < 4.78 is 5.12. The van der Waals surface area contributed by atoms with Gasteiger partial charge in [-0.3, -0.25) is 0 Å². The van der Waals surface area contributed by atoms with E-state index >= 15 is 0 Å². The van der Waals surface area contributed by atoms with Gasteiger partial charge in [-0.25, -0.2) is 0 Å². The Morgan fingerprint density at radius 1 is 1.21 bits per heavy atom. The Kier molecular flexibility index (Phi) is 5.26. The van der Waals surface area contributed by atoms with Crippen LogP contribution in [0, 0.1) is 0 Å². The van der Waals surface area contributed by atoms with Crippen molar-refractivity contribution in [1.29, 1.82) is 0 Å². The van der Waals surface area contributed by atoms with Crippen LogP contribution in [0.15, 0.2) is 55.3 Å². The molecule has 1 aromatic carbocycles. The maximum Gasteiger partial charge on any atom is 0.105 e. The number of hydrogen-bond acceptors (Lipinski definition) is 1. The minimum absolute atomic E-state index is 0.585. The summed E-state index contributed by atoms with van der Waals surface area (Å²) in [6, 6.07) is 10.4. The fourth-order valence-corrected chi connectivity index (χ4v) is 1.15. The van der Waals surface area contributed by atoms with Crippen molar-refractivity contribution in [2.75, 3.05) is 6.61 Å². The number of hydrogen-bond donors (Lipinski definition) is 0. The highest BCUT2D eigenvalue weighted by Crippen LogP contribution is 2.02. The van der Waals surface area contributed by atoms with E-state index in [9.17, 15) is 0 Å². The van der Waals surface area contributed by atoms with Crippen molar-refractivity contribution in [3.63, 3.8) is 0 Å². The van der Waals surface area contributed by atoms with Gasteiger partial charge in [0.15, 0.2) is 0 Å². The molecule has 1 aromatic rings. The Morgan fingerprint density at radius 3 is 2.71 bits per heavy atom. The van der Waals surface area contributed by atoms with Crippen LogP contribution in [0.2, 0.25) is 0 Å². The van der Waals surface area contributed by atoms with E-state index in [4.69, 9.17) is 4.74 Å². The molecule has 1 rings (SSSR count). The number of rotatable bonds is 6. The molecule has 1 heteroatoms. The van der Waals surface area contributed by atoms with E-state index in [2.05, 4.69) is 30.8 Å². The summed E-state index contributed by atoms with van der Waals surface area (Å²) in [6.45, 7) is 4.15. The second-order valence-electron chi connectivity index (χ2n) is 3.02. The van der Waals surface area contributed by atoms with Gasteiger partial charge in [0.1, 0.15) is 6.61 Å². The van der Waals surface area contributed by atoms with Gasteiger partial charge in [0.2, 0.25) is 0 Å². The molecule has 0 bridgehead atoms. The molecule has 0 fully saturated rings. The topological polar surface area (TPSA) is 9.23 Å². The second kappa shape index (κ2) is 6.96. The molecule has 0 amide bonds. The first-order valence-electron chi connectivity index (χ1n) is 4.85. The summed E-state index contributed by atoms with van der Waals surface area (Å²) >= 11 is 0. The lowest BCUT2D eigenvalue weighted by Crippen LogP contribution is -1.83. The maximum atomic E-state index is 5.12. The van der Waals surface area contributed by atoms with Gasteiger partial charge in [0, 0.05) is 0 Å². The van der Waals surface area contributed by atoms with Crippen molar-refractivity contribution in [3.8, 4) is 0 Å². The van der Waals surface area contributed by atoms with Crippen LogP contribution >= 0.6 is 0 Å². The predicted molar refractivity (Wildman–Crippen MR) is 60.1 cm³/mol. The van der Waals surface area contributed by atoms with Crippen molar-refractivity contribution in [1.82, 2.24) is 0 Å². The van der Waals surface area contributed by atoms with Gasteiger partial charge >= 0.3 is 0 Å². The molecule has 0 aliphatic heterocycles. The maximum absolute atomic E-state index is 5.12. The van der Waals surface area contributed by atoms with Gasteiger partial charge in [0.05, 0.1) is 6.26 Å². The minimum Gasteiger partial charge on any atom is -0.497 e. The molecule has 0 saturated carbocycles. The third-order valence-corrected chi connectivity index (χ3v) is 1.85. The molecule has 74 valence electrons. The highest BCUT2D eigenvalue weighted by atomic mass is 16.5. The summed E-state index contributed by atoms with van der Waals surface area (Å²) in [4.78, 5) is 0. The van der Waals surface area contributed by atoms with E-state index in [-0.39, 0.29) is 0 Å². The average Bonchev–Trinajstić information content (AvgIpc) is 2.25. The number of benzene rings is 1. The van der Waals surface area contributed by atoms with Crippen LogP contribution < -0.4 is 0 Å². The second-order valence-corrected chi connectivity index (χ2v) is 3.02. The fraction of sp³-hybridized carbons (Fsp3) is 0.231.